The number of amides is 2. The summed E-state index contributed by atoms with van der Waals surface area (Å²) in [4.78, 5) is 22.2. The minimum atomic E-state index is -0.803. The average Bonchev–Trinajstić information content (AvgIpc) is 2.15. The van der Waals surface area contributed by atoms with Gasteiger partial charge in [-0.25, -0.2) is 0 Å². The van der Waals surface area contributed by atoms with Crippen LogP contribution in [0.4, 0.5) is 0 Å². The molecule has 0 heterocycles. The van der Waals surface area contributed by atoms with Crippen molar-refractivity contribution in [3.05, 3.63) is 0 Å². The summed E-state index contributed by atoms with van der Waals surface area (Å²) < 4.78 is 0. The van der Waals surface area contributed by atoms with Gasteiger partial charge in [0.25, 0.3) is 5.91 Å². The van der Waals surface area contributed by atoms with Gasteiger partial charge in [0, 0.05) is 0 Å². The Morgan fingerprint density at radius 2 is 2.00 bits per heavy atom. The fourth-order valence-corrected chi connectivity index (χ4v) is 0.825. The van der Waals surface area contributed by atoms with E-state index >= 15 is 0 Å². The van der Waals surface area contributed by atoms with Crippen LogP contribution >= 0.6 is 0 Å². The lowest BCUT2D eigenvalue weighted by atomic mass is 10.3. The van der Waals surface area contributed by atoms with Crippen molar-refractivity contribution in [3.8, 4) is 0 Å². The molecule has 2 amide bonds. The fraction of sp³-hybridized carbons (Fsp3) is 0.750. The van der Waals surface area contributed by atoms with Crippen LogP contribution in [0.3, 0.4) is 0 Å². The number of primary amides is 1. The van der Waals surface area contributed by atoms with Gasteiger partial charge in [-0.2, -0.15) is 0 Å². The summed E-state index contributed by atoms with van der Waals surface area (Å²) in [6.07, 6.45) is -0.803. The molecule has 82 valence electrons. The van der Waals surface area contributed by atoms with Crippen LogP contribution in [0, 0.1) is 0 Å². The third-order valence-corrected chi connectivity index (χ3v) is 1.81. The first-order valence-corrected chi connectivity index (χ1v) is 4.53. The van der Waals surface area contributed by atoms with Crippen molar-refractivity contribution >= 4 is 11.8 Å². The van der Waals surface area contributed by atoms with Crippen molar-refractivity contribution in [2.75, 3.05) is 13.6 Å². The molecule has 6 nitrogen and oxygen atoms in total. The van der Waals surface area contributed by atoms with E-state index in [0.29, 0.717) is 6.54 Å². The van der Waals surface area contributed by atoms with E-state index in [4.69, 9.17) is 5.73 Å². The highest BCUT2D eigenvalue weighted by Crippen LogP contribution is 1.83. The lowest BCUT2D eigenvalue weighted by Crippen LogP contribution is -2.56. The molecule has 0 aliphatic rings. The zero-order chi connectivity index (χ0) is 11.1. The Hall–Kier alpha value is -1.14. The molecule has 5 N–H and O–H groups in total. The normalized spacial score (nSPS) is 14.5. The van der Waals surface area contributed by atoms with Gasteiger partial charge >= 0.3 is 0 Å². The zero-order valence-corrected chi connectivity index (χ0v) is 8.76. The molecule has 0 saturated carbocycles. The summed E-state index contributed by atoms with van der Waals surface area (Å²) in [6, 6.07) is -0.351. The molecule has 0 spiro atoms. The molecule has 0 bridgehead atoms. The van der Waals surface area contributed by atoms with Crippen LogP contribution in [0.2, 0.25) is 0 Å². The largest absolute Gasteiger partial charge is 0.367 e. The summed E-state index contributed by atoms with van der Waals surface area (Å²) in [7, 11) is 1.66. The van der Waals surface area contributed by atoms with E-state index in [1.165, 1.54) is 0 Å². The minimum absolute atomic E-state index is 0.266. The average molecular weight is 202 g/mol. The van der Waals surface area contributed by atoms with Gasteiger partial charge in [0.05, 0.1) is 6.04 Å². The SMILES string of the molecule is CCNC(NC(=O)C(C)NC)C(N)=O. The summed E-state index contributed by atoms with van der Waals surface area (Å²) >= 11 is 0. The van der Waals surface area contributed by atoms with E-state index in [1.54, 1.807) is 14.0 Å². The molecule has 0 aromatic rings. The van der Waals surface area contributed by atoms with E-state index in [9.17, 15) is 9.59 Å². The molecule has 0 aromatic heterocycles. The van der Waals surface area contributed by atoms with Gasteiger partial charge in [-0.15, -0.1) is 0 Å². The number of rotatable bonds is 6. The Bertz CT molecular complexity index is 208. The number of nitrogens with one attached hydrogen (secondary N) is 3. The first kappa shape index (κ1) is 12.9. The maximum atomic E-state index is 11.3. The number of nitrogens with two attached hydrogens (primary N) is 1. The maximum absolute atomic E-state index is 11.3. The van der Waals surface area contributed by atoms with E-state index in [0.717, 1.165) is 0 Å². The zero-order valence-electron chi connectivity index (χ0n) is 8.76. The Labute approximate surface area is 83.6 Å². The van der Waals surface area contributed by atoms with E-state index in [2.05, 4.69) is 16.0 Å². The summed E-state index contributed by atoms with van der Waals surface area (Å²) in [5, 5.41) is 8.00. The molecule has 0 aromatic carbocycles. The lowest BCUT2D eigenvalue weighted by Gasteiger charge is -2.18. The molecule has 2 unspecified atom stereocenters. The molecule has 0 radical (unpaired) electrons. The Morgan fingerprint density at radius 3 is 2.36 bits per heavy atom. The van der Waals surface area contributed by atoms with E-state index in [-0.39, 0.29) is 11.9 Å². The molecule has 0 aliphatic carbocycles. The van der Waals surface area contributed by atoms with Crippen molar-refractivity contribution < 1.29 is 9.59 Å². The van der Waals surface area contributed by atoms with Crippen molar-refractivity contribution in [1.29, 1.82) is 0 Å². The molecule has 14 heavy (non-hydrogen) atoms. The fourth-order valence-electron chi connectivity index (χ4n) is 0.825. The van der Waals surface area contributed by atoms with E-state index in [1.807, 2.05) is 6.92 Å². The standard InChI is InChI=1S/C8H18N4O2/c1-4-11-7(6(9)13)12-8(14)5(2)10-3/h5,7,10-11H,4H2,1-3H3,(H2,9,13)(H,12,14). The van der Waals surface area contributed by atoms with Crippen LogP contribution in [0.5, 0.6) is 0 Å². The highest BCUT2D eigenvalue weighted by molar-refractivity contribution is 5.88. The van der Waals surface area contributed by atoms with Crippen LogP contribution in [0.25, 0.3) is 0 Å². The first-order valence-electron chi connectivity index (χ1n) is 4.53. The second kappa shape index (κ2) is 6.33. The van der Waals surface area contributed by atoms with Gasteiger partial charge in [-0.05, 0) is 20.5 Å². The topological polar surface area (TPSA) is 96.2 Å². The maximum Gasteiger partial charge on any atom is 0.255 e. The lowest BCUT2D eigenvalue weighted by molar-refractivity contribution is -0.129. The number of hydrogen-bond donors (Lipinski definition) is 4. The molecule has 0 rings (SSSR count). The van der Waals surface area contributed by atoms with Crippen LogP contribution in [-0.4, -0.2) is 37.6 Å². The van der Waals surface area contributed by atoms with Gasteiger partial charge in [0.1, 0.15) is 0 Å². The number of likely N-dealkylation sites (N-methyl/N-ethyl adjacent to an activating group) is 2. The number of carbonyl (C=O) groups is 2. The van der Waals surface area contributed by atoms with Crippen LogP contribution < -0.4 is 21.7 Å². The Balaban J connectivity index is 4.15. The van der Waals surface area contributed by atoms with Gasteiger partial charge in [0.2, 0.25) is 5.91 Å². The Kier molecular flexibility index (Phi) is 5.82. The molecule has 2 atom stereocenters. The molecule has 0 saturated heterocycles. The van der Waals surface area contributed by atoms with Crippen molar-refractivity contribution in [1.82, 2.24) is 16.0 Å². The third-order valence-electron chi connectivity index (χ3n) is 1.81. The second-order valence-electron chi connectivity index (χ2n) is 2.91. The van der Waals surface area contributed by atoms with Crippen LogP contribution in [-0.2, 0) is 9.59 Å². The molecule has 0 aliphatic heterocycles. The molecular weight excluding hydrogens is 184 g/mol. The highest BCUT2D eigenvalue weighted by atomic mass is 16.2. The second-order valence-corrected chi connectivity index (χ2v) is 2.91. The smallest absolute Gasteiger partial charge is 0.255 e. The van der Waals surface area contributed by atoms with Gasteiger partial charge in [0.15, 0.2) is 6.17 Å². The number of hydrogen-bond acceptors (Lipinski definition) is 4. The van der Waals surface area contributed by atoms with Gasteiger partial charge < -0.3 is 16.4 Å². The predicted molar refractivity (Wildman–Crippen MR) is 53.3 cm³/mol. The predicted octanol–water partition coefficient (Wildman–Crippen LogP) is -1.87. The monoisotopic (exact) mass is 202 g/mol. The molecule has 0 fully saturated rings. The molecule has 6 heteroatoms. The van der Waals surface area contributed by atoms with Gasteiger partial charge in [-0.3, -0.25) is 14.9 Å². The van der Waals surface area contributed by atoms with E-state index < -0.39 is 12.1 Å². The summed E-state index contributed by atoms with van der Waals surface area (Å²) in [6.45, 7) is 4.07. The molecular formula is C8H18N4O2. The summed E-state index contributed by atoms with van der Waals surface area (Å²) in [5.41, 5.74) is 5.08. The first-order chi connectivity index (χ1) is 6.52. The van der Waals surface area contributed by atoms with Crippen LogP contribution in [0.1, 0.15) is 13.8 Å². The third kappa shape index (κ3) is 4.20. The summed E-state index contributed by atoms with van der Waals surface area (Å²) in [5.74, 6) is -0.860. The number of carbonyl (C=O) groups excluding carboxylic acids is 2. The van der Waals surface area contributed by atoms with Crippen molar-refractivity contribution in [2.24, 2.45) is 5.73 Å². The Morgan fingerprint density at radius 1 is 1.43 bits per heavy atom. The van der Waals surface area contributed by atoms with Crippen molar-refractivity contribution in [3.63, 3.8) is 0 Å². The van der Waals surface area contributed by atoms with Crippen LogP contribution in [0.15, 0.2) is 0 Å². The highest BCUT2D eigenvalue weighted by Gasteiger charge is 2.19. The van der Waals surface area contributed by atoms with Crippen molar-refractivity contribution in [2.45, 2.75) is 26.1 Å². The van der Waals surface area contributed by atoms with Gasteiger partial charge in [-0.1, -0.05) is 6.92 Å². The quantitative estimate of drug-likeness (QED) is 0.379. The minimum Gasteiger partial charge on any atom is -0.367 e.